The van der Waals surface area contributed by atoms with E-state index in [1.807, 2.05) is 17.9 Å². The summed E-state index contributed by atoms with van der Waals surface area (Å²) in [5, 5.41) is 2.93. The number of hydrogen-bond donors (Lipinski definition) is 1. The lowest BCUT2D eigenvalue weighted by atomic mass is 10.1. The summed E-state index contributed by atoms with van der Waals surface area (Å²) in [5.74, 6) is 0.0218. The van der Waals surface area contributed by atoms with Gasteiger partial charge in [0.2, 0.25) is 0 Å². The number of anilines is 1. The van der Waals surface area contributed by atoms with E-state index in [0.717, 1.165) is 11.1 Å². The normalized spacial score (nSPS) is 14.6. The largest absolute Gasteiger partial charge is 0.351 e. The van der Waals surface area contributed by atoms with Crippen LogP contribution in [0.4, 0.5) is 15.0 Å². The smallest absolute Gasteiger partial charge is 0.317 e. The van der Waals surface area contributed by atoms with Gasteiger partial charge in [-0.15, -0.1) is 0 Å². The number of pyridine rings is 2. The molecule has 126 valence electrons. The van der Waals surface area contributed by atoms with Crippen molar-refractivity contribution in [1.82, 2.24) is 20.2 Å². The highest BCUT2D eigenvalue weighted by atomic mass is 19.1. The number of piperazine rings is 1. The van der Waals surface area contributed by atoms with Crippen molar-refractivity contribution in [3.63, 3.8) is 0 Å². The molecule has 0 spiro atoms. The second-order valence-electron chi connectivity index (χ2n) is 5.74. The van der Waals surface area contributed by atoms with Crippen LogP contribution in [0.2, 0.25) is 0 Å². The van der Waals surface area contributed by atoms with Crippen molar-refractivity contribution in [2.45, 2.75) is 13.5 Å². The molecule has 0 aliphatic carbocycles. The summed E-state index contributed by atoms with van der Waals surface area (Å²) in [5.41, 5.74) is 2.10. The van der Waals surface area contributed by atoms with Gasteiger partial charge in [-0.1, -0.05) is 0 Å². The van der Waals surface area contributed by atoms with Crippen LogP contribution in [0.1, 0.15) is 11.1 Å². The molecule has 0 atom stereocenters. The second kappa shape index (κ2) is 7.25. The summed E-state index contributed by atoms with van der Waals surface area (Å²) in [7, 11) is 0. The standard InChI is InChI=1S/C17H20FN5O/c1-13-11-19-6-4-14(13)12-21-17(24)23-9-7-22(8-10-23)16-15(18)3-2-5-20-16/h2-6,11H,7-10,12H2,1H3,(H,21,24). The van der Waals surface area contributed by atoms with E-state index in [4.69, 9.17) is 0 Å². The predicted molar refractivity (Wildman–Crippen MR) is 89.2 cm³/mol. The third-order valence-corrected chi connectivity index (χ3v) is 4.17. The van der Waals surface area contributed by atoms with Crippen molar-refractivity contribution in [2.24, 2.45) is 0 Å². The predicted octanol–water partition coefficient (Wildman–Crippen LogP) is 1.96. The van der Waals surface area contributed by atoms with Crippen LogP contribution in [0.3, 0.4) is 0 Å². The molecule has 3 heterocycles. The minimum Gasteiger partial charge on any atom is -0.351 e. The highest BCUT2D eigenvalue weighted by Gasteiger charge is 2.23. The number of amides is 2. The molecule has 0 unspecified atom stereocenters. The van der Waals surface area contributed by atoms with Crippen LogP contribution >= 0.6 is 0 Å². The van der Waals surface area contributed by atoms with Crippen LogP contribution < -0.4 is 10.2 Å². The molecule has 0 saturated carbocycles. The second-order valence-corrected chi connectivity index (χ2v) is 5.74. The molecule has 1 saturated heterocycles. The SMILES string of the molecule is Cc1cnccc1CNC(=O)N1CCN(c2ncccc2F)CC1. The zero-order valence-corrected chi connectivity index (χ0v) is 13.6. The number of halogens is 1. The summed E-state index contributed by atoms with van der Waals surface area (Å²) in [6.45, 7) is 4.65. The molecule has 24 heavy (non-hydrogen) atoms. The number of carbonyl (C=O) groups excluding carboxylic acids is 1. The van der Waals surface area contributed by atoms with E-state index in [2.05, 4.69) is 15.3 Å². The molecule has 6 nitrogen and oxygen atoms in total. The van der Waals surface area contributed by atoms with E-state index >= 15 is 0 Å². The fourth-order valence-electron chi connectivity index (χ4n) is 2.71. The van der Waals surface area contributed by atoms with E-state index in [0.29, 0.717) is 38.5 Å². The Hall–Kier alpha value is -2.70. The molecule has 1 aliphatic heterocycles. The number of hydrogen-bond acceptors (Lipinski definition) is 4. The van der Waals surface area contributed by atoms with Gasteiger partial charge in [0.1, 0.15) is 0 Å². The van der Waals surface area contributed by atoms with Crippen molar-refractivity contribution in [1.29, 1.82) is 0 Å². The first-order chi connectivity index (χ1) is 11.6. The van der Waals surface area contributed by atoms with Gasteiger partial charge < -0.3 is 15.1 Å². The van der Waals surface area contributed by atoms with Gasteiger partial charge in [-0.25, -0.2) is 14.2 Å². The third-order valence-electron chi connectivity index (χ3n) is 4.17. The van der Waals surface area contributed by atoms with Gasteiger partial charge in [0, 0.05) is 51.3 Å². The summed E-state index contributed by atoms with van der Waals surface area (Å²) >= 11 is 0. The average molecular weight is 329 g/mol. The Morgan fingerprint density at radius 1 is 1.25 bits per heavy atom. The Balaban J connectivity index is 1.52. The lowest BCUT2D eigenvalue weighted by molar-refractivity contribution is 0.193. The van der Waals surface area contributed by atoms with Crippen LogP contribution in [-0.2, 0) is 6.54 Å². The Labute approximate surface area is 140 Å². The highest BCUT2D eigenvalue weighted by molar-refractivity contribution is 5.74. The highest BCUT2D eigenvalue weighted by Crippen LogP contribution is 2.17. The Morgan fingerprint density at radius 3 is 2.75 bits per heavy atom. The van der Waals surface area contributed by atoms with E-state index in [9.17, 15) is 9.18 Å². The van der Waals surface area contributed by atoms with Crippen molar-refractivity contribution in [3.05, 3.63) is 53.7 Å². The van der Waals surface area contributed by atoms with Crippen molar-refractivity contribution in [2.75, 3.05) is 31.1 Å². The van der Waals surface area contributed by atoms with Gasteiger partial charge in [0.15, 0.2) is 11.6 Å². The van der Waals surface area contributed by atoms with E-state index in [1.54, 1.807) is 29.6 Å². The summed E-state index contributed by atoms with van der Waals surface area (Å²) < 4.78 is 13.8. The minimum absolute atomic E-state index is 0.104. The van der Waals surface area contributed by atoms with Crippen molar-refractivity contribution in [3.8, 4) is 0 Å². The monoisotopic (exact) mass is 329 g/mol. The Kier molecular flexibility index (Phi) is 4.88. The third kappa shape index (κ3) is 3.61. The first kappa shape index (κ1) is 16.2. The number of rotatable bonds is 3. The average Bonchev–Trinajstić information content (AvgIpc) is 2.61. The lowest BCUT2D eigenvalue weighted by Gasteiger charge is -2.35. The van der Waals surface area contributed by atoms with Crippen molar-refractivity contribution < 1.29 is 9.18 Å². The zero-order chi connectivity index (χ0) is 16.9. The van der Waals surface area contributed by atoms with Gasteiger partial charge in [-0.2, -0.15) is 0 Å². The maximum absolute atomic E-state index is 13.8. The van der Waals surface area contributed by atoms with Crippen LogP contribution in [-0.4, -0.2) is 47.1 Å². The number of aromatic nitrogens is 2. The van der Waals surface area contributed by atoms with Gasteiger partial charge >= 0.3 is 6.03 Å². The molecule has 0 radical (unpaired) electrons. The van der Waals surface area contributed by atoms with Gasteiger partial charge in [-0.05, 0) is 36.2 Å². The molecule has 1 fully saturated rings. The molecule has 0 bridgehead atoms. The van der Waals surface area contributed by atoms with Gasteiger partial charge in [-0.3, -0.25) is 4.98 Å². The number of urea groups is 1. The van der Waals surface area contributed by atoms with Crippen molar-refractivity contribution >= 4 is 11.8 Å². The maximum atomic E-state index is 13.8. The fourth-order valence-corrected chi connectivity index (χ4v) is 2.71. The topological polar surface area (TPSA) is 61.4 Å². The number of carbonyl (C=O) groups is 1. The van der Waals surface area contributed by atoms with E-state index in [-0.39, 0.29) is 11.8 Å². The molecule has 3 rings (SSSR count). The first-order valence-electron chi connectivity index (χ1n) is 7.93. The molecule has 0 aromatic carbocycles. The molecule has 2 amide bonds. The Bertz CT molecular complexity index is 716. The maximum Gasteiger partial charge on any atom is 0.317 e. The molecule has 1 aliphatic rings. The summed E-state index contributed by atoms with van der Waals surface area (Å²) in [6, 6.07) is 4.77. The number of nitrogens with zero attached hydrogens (tertiary/aromatic N) is 4. The molecular formula is C17H20FN5O. The van der Waals surface area contributed by atoms with Crippen LogP contribution in [0.5, 0.6) is 0 Å². The molecule has 2 aromatic rings. The molecule has 7 heteroatoms. The quantitative estimate of drug-likeness (QED) is 0.935. The summed E-state index contributed by atoms with van der Waals surface area (Å²) in [4.78, 5) is 24.0. The molecule has 1 N–H and O–H groups in total. The lowest BCUT2D eigenvalue weighted by Crippen LogP contribution is -2.52. The van der Waals surface area contributed by atoms with Gasteiger partial charge in [0.25, 0.3) is 0 Å². The fraction of sp³-hybridized carbons (Fsp3) is 0.353. The van der Waals surface area contributed by atoms with Crippen LogP contribution in [0.15, 0.2) is 36.8 Å². The molecule has 2 aromatic heterocycles. The van der Waals surface area contributed by atoms with Crippen LogP contribution in [0, 0.1) is 12.7 Å². The minimum atomic E-state index is -0.330. The number of nitrogens with one attached hydrogen (secondary N) is 1. The summed E-state index contributed by atoms with van der Waals surface area (Å²) in [6.07, 6.45) is 5.07. The number of aryl methyl sites for hydroxylation is 1. The first-order valence-corrected chi connectivity index (χ1v) is 7.93. The van der Waals surface area contributed by atoms with Gasteiger partial charge in [0.05, 0.1) is 0 Å². The van der Waals surface area contributed by atoms with E-state index in [1.165, 1.54) is 6.07 Å². The molecular weight excluding hydrogens is 309 g/mol. The Morgan fingerprint density at radius 2 is 2.04 bits per heavy atom. The van der Waals surface area contributed by atoms with E-state index < -0.39 is 0 Å². The van der Waals surface area contributed by atoms with Crippen LogP contribution in [0.25, 0.3) is 0 Å². The zero-order valence-electron chi connectivity index (χ0n) is 13.6.